The summed E-state index contributed by atoms with van der Waals surface area (Å²) in [6.45, 7) is 1.87. The van der Waals surface area contributed by atoms with Gasteiger partial charge in [0.25, 0.3) is 11.8 Å². The van der Waals surface area contributed by atoms with Crippen LogP contribution in [0.2, 0.25) is 10.0 Å². The molecule has 4 nitrogen and oxygen atoms in total. The van der Waals surface area contributed by atoms with Crippen molar-refractivity contribution in [2.24, 2.45) is 0 Å². The van der Waals surface area contributed by atoms with E-state index in [9.17, 15) is 14.0 Å². The van der Waals surface area contributed by atoms with Gasteiger partial charge in [-0.1, -0.05) is 35.3 Å². The maximum Gasteiger partial charge on any atom is 0.282 e. The largest absolute Gasteiger partial charge is 0.350 e. The Hall–Kier alpha value is -2.67. The Morgan fingerprint density at radius 1 is 1.00 bits per heavy atom. The lowest BCUT2D eigenvalue weighted by atomic mass is 10.1. The quantitative estimate of drug-likeness (QED) is 0.507. The first-order valence-electron chi connectivity index (χ1n) is 8.52. The topological polar surface area (TPSA) is 49.4 Å². The molecule has 1 aromatic heterocycles. The molecule has 4 rings (SSSR count). The summed E-state index contributed by atoms with van der Waals surface area (Å²) >= 11 is 13.4. The minimum Gasteiger partial charge on any atom is -0.350 e. The van der Waals surface area contributed by atoms with Crippen molar-refractivity contribution in [3.8, 4) is 0 Å². The van der Waals surface area contributed by atoms with Crippen LogP contribution in [0, 0.1) is 12.7 Å². The van der Waals surface area contributed by atoms with Crippen molar-refractivity contribution in [3.05, 3.63) is 85.9 Å². The summed E-state index contributed by atoms with van der Waals surface area (Å²) in [5.41, 5.74) is 2.02. The second-order valence-electron chi connectivity index (χ2n) is 6.36. The highest BCUT2D eigenvalue weighted by Gasteiger charge is 2.40. The SMILES string of the molecule is Cc1ccc(NC2=C(c3cccs3)C(=O)N(c3ccc(F)c(Cl)c3)C2=O)cc1Cl. The minimum atomic E-state index is -0.631. The van der Waals surface area contributed by atoms with Crippen LogP contribution in [0.3, 0.4) is 0 Å². The number of hydrogen-bond acceptors (Lipinski definition) is 4. The zero-order valence-electron chi connectivity index (χ0n) is 15.0. The van der Waals surface area contributed by atoms with Crippen LogP contribution in [0.1, 0.15) is 10.4 Å². The van der Waals surface area contributed by atoms with E-state index in [0.29, 0.717) is 15.6 Å². The highest BCUT2D eigenvalue weighted by atomic mass is 35.5. The standard InChI is InChI=1S/C21H13Cl2FN2O2S/c1-11-4-5-12(9-14(11)22)25-19-18(17-3-2-8-29-17)20(27)26(21(19)28)13-6-7-16(24)15(23)10-13/h2-10,25H,1H3. The van der Waals surface area contributed by atoms with Gasteiger partial charge in [0.2, 0.25) is 0 Å². The number of nitrogens with one attached hydrogen (secondary N) is 1. The van der Waals surface area contributed by atoms with Crippen molar-refractivity contribution < 1.29 is 14.0 Å². The Morgan fingerprint density at radius 2 is 1.79 bits per heavy atom. The summed E-state index contributed by atoms with van der Waals surface area (Å²) < 4.78 is 13.6. The number of anilines is 2. The van der Waals surface area contributed by atoms with Gasteiger partial charge in [0, 0.05) is 15.6 Å². The summed E-state index contributed by atoms with van der Waals surface area (Å²) in [5.74, 6) is -1.70. The first-order chi connectivity index (χ1) is 13.9. The highest BCUT2D eigenvalue weighted by molar-refractivity contribution is 7.11. The van der Waals surface area contributed by atoms with Crippen molar-refractivity contribution in [1.29, 1.82) is 0 Å². The molecule has 0 atom stereocenters. The molecule has 2 amide bonds. The van der Waals surface area contributed by atoms with Gasteiger partial charge in [-0.2, -0.15) is 0 Å². The molecule has 0 aliphatic carbocycles. The average Bonchev–Trinajstić information content (AvgIpc) is 3.28. The van der Waals surface area contributed by atoms with Gasteiger partial charge in [0.15, 0.2) is 0 Å². The van der Waals surface area contributed by atoms with Gasteiger partial charge in [-0.15, -0.1) is 11.3 Å². The van der Waals surface area contributed by atoms with E-state index < -0.39 is 17.6 Å². The smallest absolute Gasteiger partial charge is 0.282 e. The van der Waals surface area contributed by atoms with Crippen molar-refractivity contribution in [2.45, 2.75) is 6.92 Å². The van der Waals surface area contributed by atoms with Gasteiger partial charge >= 0.3 is 0 Å². The lowest BCUT2D eigenvalue weighted by Crippen LogP contribution is -2.32. The van der Waals surface area contributed by atoms with Crippen LogP contribution < -0.4 is 10.2 Å². The molecule has 2 aromatic carbocycles. The number of thiophene rings is 1. The molecule has 8 heteroatoms. The summed E-state index contributed by atoms with van der Waals surface area (Å²) in [7, 11) is 0. The first-order valence-corrected chi connectivity index (χ1v) is 10.2. The number of hydrogen-bond donors (Lipinski definition) is 1. The van der Waals surface area contributed by atoms with E-state index in [0.717, 1.165) is 16.5 Å². The molecule has 29 heavy (non-hydrogen) atoms. The first kappa shape index (κ1) is 19.6. The van der Waals surface area contributed by atoms with Gasteiger partial charge in [-0.05, 0) is 54.3 Å². The Labute approximate surface area is 180 Å². The third-order valence-corrected chi connectivity index (χ3v) is 6.04. The molecular weight excluding hydrogens is 434 g/mol. The summed E-state index contributed by atoms with van der Waals surface area (Å²) in [6, 6.07) is 12.5. The number of nitrogens with zero attached hydrogens (tertiary/aromatic N) is 1. The van der Waals surface area contributed by atoms with Crippen LogP contribution in [0.15, 0.2) is 59.6 Å². The van der Waals surface area contributed by atoms with Crippen LogP contribution in [0.5, 0.6) is 0 Å². The molecule has 1 N–H and O–H groups in total. The normalized spacial score (nSPS) is 14.1. The summed E-state index contributed by atoms with van der Waals surface area (Å²) in [4.78, 5) is 28.0. The predicted molar refractivity (Wildman–Crippen MR) is 115 cm³/mol. The maximum atomic E-state index is 13.6. The summed E-state index contributed by atoms with van der Waals surface area (Å²) in [6.07, 6.45) is 0. The molecule has 146 valence electrons. The lowest BCUT2D eigenvalue weighted by Gasteiger charge is -2.16. The van der Waals surface area contributed by atoms with Gasteiger partial charge in [-0.3, -0.25) is 9.59 Å². The molecule has 3 aromatic rings. The Morgan fingerprint density at radius 3 is 2.45 bits per heavy atom. The monoisotopic (exact) mass is 446 g/mol. The van der Waals surface area contributed by atoms with Crippen molar-refractivity contribution >= 4 is 63.3 Å². The van der Waals surface area contributed by atoms with E-state index in [1.807, 2.05) is 18.4 Å². The number of halogens is 3. The van der Waals surface area contributed by atoms with Crippen molar-refractivity contribution in [2.75, 3.05) is 10.2 Å². The van der Waals surface area contributed by atoms with Crippen LogP contribution in [0.25, 0.3) is 5.57 Å². The van der Waals surface area contributed by atoms with E-state index >= 15 is 0 Å². The molecule has 2 heterocycles. The Bertz CT molecular complexity index is 1180. The van der Waals surface area contributed by atoms with Crippen LogP contribution in [0.4, 0.5) is 15.8 Å². The third kappa shape index (κ3) is 3.55. The van der Waals surface area contributed by atoms with Crippen molar-refractivity contribution in [1.82, 2.24) is 0 Å². The molecule has 1 aliphatic rings. The van der Waals surface area contributed by atoms with Gasteiger partial charge < -0.3 is 5.32 Å². The predicted octanol–water partition coefficient (Wildman–Crippen LogP) is 5.90. The fraction of sp³-hybridized carbons (Fsp3) is 0.0476. The molecule has 0 fully saturated rings. The number of carbonyl (C=O) groups excluding carboxylic acids is 2. The zero-order chi connectivity index (χ0) is 20.7. The number of rotatable bonds is 4. The number of aryl methyl sites for hydroxylation is 1. The van der Waals surface area contributed by atoms with Crippen LogP contribution >= 0.6 is 34.5 Å². The molecule has 0 unspecified atom stereocenters. The zero-order valence-corrected chi connectivity index (χ0v) is 17.3. The van der Waals surface area contributed by atoms with E-state index in [2.05, 4.69) is 5.32 Å². The van der Waals surface area contributed by atoms with Crippen LogP contribution in [-0.2, 0) is 9.59 Å². The molecule has 0 radical (unpaired) electrons. The molecule has 0 saturated carbocycles. The Kier molecular flexibility index (Phi) is 5.17. The van der Waals surface area contributed by atoms with Gasteiger partial charge in [-0.25, -0.2) is 9.29 Å². The second-order valence-corrected chi connectivity index (χ2v) is 8.12. The molecule has 0 bridgehead atoms. The third-order valence-electron chi connectivity index (χ3n) is 4.45. The van der Waals surface area contributed by atoms with Crippen LogP contribution in [-0.4, -0.2) is 11.8 Å². The fourth-order valence-electron chi connectivity index (χ4n) is 2.97. The minimum absolute atomic E-state index is 0.123. The highest BCUT2D eigenvalue weighted by Crippen LogP contribution is 2.36. The van der Waals surface area contributed by atoms with Crippen molar-refractivity contribution in [3.63, 3.8) is 0 Å². The molecule has 0 saturated heterocycles. The fourth-order valence-corrected chi connectivity index (χ4v) is 4.09. The second kappa shape index (κ2) is 7.63. The van der Waals surface area contributed by atoms with Gasteiger partial charge in [0.1, 0.15) is 11.5 Å². The average molecular weight is 447 g/mol. The van der Waals surface area contributed by atoms with E-state index in [1.54, 1.807) is 24.3 Å². The maximum absolute atomic E-state index is 13.6. The number of imide groups is 1. The molecule has 1 aliphatic heterocycles. The summed E-state index contributed by atoms with van der Waals surface area (Å²) in [5, 5.41) is 5.21. The number of carbonyl (C=O) groups is 2. The van der Waals surface area contributed by atoms with E-state index in [4.69, 9.17) is 23.2 Å². The number of benzene rings is 2. The van der Waals surface area contributed by atoms with E-state index in [-0.39, 0.29) is 22.0 Å². The molecule has 0 spiro atoms. The lowest BCUT2D eigenvalue weighted by molar-refractivity contribution is -0.120. The van der Waals surface area contributed by atoms with Gasteiger partial charge in [0.05, 0.1) is 16.3 Å². The Balaban J connectivity index is 1.80. The molecular formula is C21H13Cl2FN2O2S. The number of amides is 2. The van der Waals surface area contributed by atoms with E-state index in [1.165, 1.54) is 23.5 Å².